The van der Waals surface area contributed by atoms with Crippen molar-refractivity contribution in [3.63, 3.8) is 0 Å². The minimum absolute atomic E-state index is 0.0244. The van der Waals surface area contributed by atoms with E-state index < -0.39 is 17.7 Å². The van der Waals surface area contributed by atoms with E-state index in [9.17, 15) is 13.6 Å². The van der Waals surface area contributed by atoms with Crippen molar-refractivity contribution in [2.24, 2.45) is 4.99 Å². The Labute approximate surface area is 180 Å². The maximum Gasteiger partial charge on any atom is 0.217 e. The summed E-state index contributed by atoms with van der Waals surface area (Å²) in [6, 6.07) is 6.16. The Kier molecular flexibility index (Phi) is 5.29. The minimum Gasteiger partial charge on any atom is -0.349 e. The van der Waals surface area contributed by atoms with Gasteiger partial charge >= 0.3 is 0 Å². The Hall–Kier alpha value is -2.84. The fraction of sp³-hybridized carbons (Fsp3) is 0.200. The summed E-state index contributed by atoms with van der Waals surface area (Å²) in [7, 11) is 0. The molecule has 1 aliphatic rings. The lowest BCUT2D eigenvalue weighted by Crippen LogP contribution is -2.20. The molecule has 1 aliphatic heterocycles. The van der Waals surface area contributed by atoms with Gasteiger partial charge in [-0.2, -0.15) is 0 Å². The molecule has 6 nitrogen and oxygen atoms in total. The highest BCUT2D eigenvalue weighted by molar-refractivity contribution is 6.45. The molecule has 0 spiro atoms. The molecule has 3 aromatic rings. The van der Waals surface area contributed by atoms with Gasteiger partial charge in [-0.05, 0) is 31.2 Å². The fourth-order valence-electron chi connectivity index (χ4n) is 3.27. The zero-order chi connectivity index (χ0) is 21.6. The number of nitrogens with one attached hydrogen (secondary N) is 1. The monoisotopic (exact) mass is 449 g/mol. The molecule has 1 N–H and O–H groups in total. The molecule has 0 saturated carbocycles. The van der Waals surface area contributed by atoms with Gasteiger partial charge in [0.15, 0.2) is 11.6 Å². The van der Waals surface area contributed by atoms with E-state index in [1.807, 2.05) is 0 Å². The van der Waals surface area contributed by atoms with Crippen LogP contribution in [0.4, 0.5) is 8.78 Å². The molecule has 0 saturated heterocycles. The van der Waals surface area contributed by atoms with Crippen molar-refractivity contribution in [1.29, 1.82) is 0 Å². The number of hydrogen-bond acceptors (Lipinski definition) is 4. The number of nitrogens with zero attached hydrogens (tertiary/aromatic N) is 4. The molecule has 0 aliphatic carbocycles. The van der Waals surface area contributed by atoms with Crippen molar-refractivity contribution < 1.29 is 13.6 Å². The van der Waals surface area contributed by atoms with Crippen molar-refractivity contribution in [2.75, 3.05) is 0 Å². The first-order chi connectivity index (χ1) is 14.3. The lowest BCUT2D eigenvalue weighted by molar-refractivity contribution is -0.119. The van der Waals surface area contributed by atoms with E-state index in [1.54, 1.807) is 19.1 Å². The van der Waals surface area contributed by atoms with E-state index in [1.165, 1.54) is 17.7 Å². The van der Waals surface area contributed by atoms with Crippen molar-refractivity contribution in [3.05, 3.63) is 74.8 Å². The van der Waals surface area contributed by atoms with Crippen molar-refractivity contribution in [3.8, 4) is 5.69 Å². The second-order valence-electron chi connectivity index (χ2n) is 6.71. The van der Waals surface area contributed by atoms with Gasteiger partial charge in [0, 0.05) is 12.5 Å². The summed E-state index contributed by atoms with van der Waals surface area (Å²) in [5, 5.41) is 7.38. The topological polar surface area (TPSA) is 72.2 Å². The van der Waals surface area contributed by atoms with Gasteiger partial charge in [-0.15, -0.1) is 5.10 Å². The first-order valence-electron chi connectivity index (χ1n) is 8.99. The van der Waals surface area contributed by atoms with Gasteiger partial charge in [0.25, 0.3) is 0 Å². The number of carbonyl (C=O) groups excluding carboxylic acids is 1. The first-order valence-corrected chi connectivity index (χ1v) is 9.74. The van der Waals surface area contributed by atoms with Crippen molar-refractivity contribution in [2.45, 2.75) is 26.4 Å². The maximum atomic E-state index is 14.6. The maximum absolute atomic E-state index is 14.6. The zero-order valence-corrected chi connectivity index (χ0v) is 17.4. The molecule has 1 amide bonds. The molecule has 2 aromatic carbocycles. The summed E-state index contributed by atoms with van der Waals surface area (Å²) < 4.78 is 30.8. The van der Waals surface area contributed by atoms with Gasteiger partial charge in [0.05, 0.1) is 33.6 Å². The molecule has 10 heteroatoms. The van der Waals surface area contributed by atoms with Crippen LogP contribution in [-0.2, 0) is 11.3 Å². The quantitative estimate of drug-likeness (QED) is 0.643. The number of benzene rings is 2. The lowest BCUT2D eigenvalue weighted by atomic mass is 9.99. The number of carbonyl (C=O) groups is 1. The molecule has 0 fully saturated rings. The highest BCUT2D eigenvalue weighted by atomic mass is 35.5. The van der Waals surface area contributed by atoms with Gasteiger partial charge in [-0.1, -0.05) is 29.3 Å². The lowest BCUT2D eigenvalue weighted by Gasteiger charge is -2.14. The normalized spacial score (nSPS) is 15.1. The van der Waals surface area contributed by atoms with Gasteiger partial charge in [0.2, 0.25) is 5.91 Å². The minimum atomic E-state index is -0.776. The largest absolute Gasteiger partial charge is 0.349 e. The van der Waals surface area contributed by atoms with E-state index >= 15 is 0 Å². The highest BCUT2D eigenvalue weighted by Gasteiger charge is 2.30. The second-order valence-corrected chi connectivity index (χ2v) is 7.50. The van der Waals surface area contributed by atoms with E-state index in [-0.39, 0.29) is 39.3 Å². The van der Waals surface area contributed by atoms with Crippen LogP contribution in [0.2, 0.25) is 10.0 Å². The Bertz CT molecular complexity index is 1190. The summed E-state index contributed by atoms with van der Waals surface area (Å²) in [5.74, 6) is -0.983. The van der Waals surface area contributed by atoms with Crippen LogP contribution in [-0.4, -0.2) is 26.4 Å². The summed E-state index contributed by atoms with van der Waals surface area (Å²) in [4.78, 5) is 20.2. The standard InChI is InChI=1S/C20H15Cl2F2N5O/c1-9-20-27-15(8-25-10(2)30)28-29(20)14-7-6-11(21)18(22)17(14)19(26-9)16-12(23)4-3-5-13(16)24/h3-7,9H,8H2,1-2H3,(H,25,30)/t9-/m0/s1. The molecule has 30 heavy (non-hydrogen) atoms. The van der Waals surface area contributed by atoms with Crippen LogP contribution in [0.1, 0.15) is 42.7 Å². The summed E-state index contributed by atoms with van der Waals surface area (Å²) in [5.41, 5.74) is 0.386. The average molecular weight is 450 g/mol. The smallest absolute Gasteiger partial charge is 0.217 e. The van der Waals surface area contributed by atoms with Gasteiger partial charge in [-0.25, -0.2) is 18.4 Å². The number of aromatic nitrogens is 3. The Morgan fingerprint density at radius 2 is 1.87 bits per heavy atom. The average Bonchev–Trinajstić information content (AvgIpc) is 3.07. The summed E-state index contributed by atoms with van der Waals surface area (Å²) >= 11 is 12.7. The molecule has 1 atom stereocenters. The molecule has 1 aromatic heterocycles. The summed E-state index contributed by atoms with van der Waals surface area (Å²) in [6.07, 6.45) is 0. The molecule has 154 valence electrons. The van der Waals surface area contributed by atoms with Crippen LogP contribution in [0.3, 0.4) is 0 Å². The fourth-order valence-corrected chi connectivity index (χ4v) is 3.67. The predicted molar refractivity (Wildman–Crippen MR) is 109 cm³/mol. The van der Waals surface area contributed by atoms with Crippen molar-refractivity contribution >= 4 is 34.8 Å². The number of amides is 1. The Morgan fingerprint density at radius 1 is 1.17 bits per heavy atom. The van der Waals surface area contributed by atoms with E-state index in [0.717, 1.165) is 12.1 Å². The van der Waals surface area contributed by atoms with Gasteiger partial charge < -0.3 is 5.32 Å². The van der Waals surface area contributed by atoms with E-state index in [0.29, 0.717) is 17.3 Å². The predicted octanol–water partition coefficient (Wildman–Crippen LogP) is 4.40. The van der Waals surface area contributed by atoms with Crippen molar-refractivity contribution in [1.82, 2.24) is 20.1 Å². The van der Waals surface area contributed by atoms with Crippen LogP contribution in [0, 0.1) is 11.6 Å². The van der Waals surface area contributed by atoms with Gasteiger partial charge in [-0.3, -0.25) is 9.79 Å². The molecule has 0 unspecified atom stereocenters. The molecule has 0 radical (unpaired) electrons. The molecular weight excluding hydrogens is 435 g/mol. The van der Waals surface area contributed by atoms with Crippen LogP contribution >= 0.6 is 23.2 Å². The summed E-state index contributed by atoms with van der Waals surface area (Å²) in [6.45, 7) is 3.24. The van der Waals surface area contributed by atoms with E-state index in [2.05, 4.69) is 20.4 Å². The SMILES string of the molecule is CC(=O)NCc1nc2n(n1)-c1ccc(Cl)c(Cl)c1C(c1c(F)cccc1F)=N[C@H]2C. The number of fused-ring (bicyclic) bond motifs is 3. The van der Waals surface area contributed by atoms with Crippen LogP contribution in [0.25, 0.3) is 5.69 Å². The number of rotatable bonds is 3. The Morgan fingerprint density at radius 3 is 2.53 bits per heavy atom. The highest BCUT2D eigenvalue weighted by Crippen LogP contribution is 2.37. The molecule has 0 bridgehead atoms. The molecule has 2 heterocycles. The van der Waals surface area contributed by atoms with Crippen LogP contribution in [0.5, 0.6) is 0 Å². The third-order valence-corrected chi connectivity index (χ3v) is 5.41. The second kappa shape index (κ2) is 7.77. The van der Waals surface area contributed by atoms with Gasteiger partial charge in [0.1, 0.15) is 17.7 Å². The third-order valence-electron chi connectivity index (χ3n) is 4.61. The number of aliphatic imine (C=N–C) groups is 1. The molecular formula is C20H15Cl2F2N5O. The first kappa shape index (κ1) is 20.4. The zero-order valence-electron chi connectivity index (χ0n) is 15.9. The van der Waals surface area contributed by atoms with Crippen LogP contribution < -0.4 is 5.32 Å². The van der Waals surface area contributed by atoms with E-state index in [4.69, 9.17) is 23.2 Å². The Balaban J connectivity index is 1.98. The number of hydrogen-bond donors (Lipinski definition) is 1. The molecule has 4 rings (SSSR count). The van der Waals surface area contributed by atoms with Crippen LogP contribution in [0.15, 0.2) is 35.3 Å². The third kappa shape index (κ3) is 3.46. The number of halogens is 4.